The fourth-order valence-corrected chi connectivity index (χ4v) is 3.35. The molecule has 0 amide bonds. The van der Waals surface area contributed by atoms with E-state index in [-0.39, 0.29) is 0 Å². The van der Waals surface area contributed by atoms with Gasteiger partial charge in [0.1, 0.15) is 0 Å². The Labute approximate surface area is 122 Å². The number of nitrogens with zero attached hydrogens (tertiary/aromatic N) is 1. The fraction of sp³-hybridized carbons (Fsp3) is 0.500. The third-order valence-electron chi connectivity index (χ3n) is 3.46. The van der Waals surface area contributed by atoms with E-state index in [1.807, 2.05) is 0 Å². The van der Waals surface area contributed by atoms with Crippen LogP contribution in [0.4, 0.5) is 0 Å². The van der Waals surface area contributed by atoms with Crippen molar-refractivity contribution < 1.29 is 19.4 Å². The molecule has 0 N–H and O–H groups in total. The van der Waals surface area contributed by atoms with Crippen LogP contribution in [-0.4, -0.2) is 9.61 Å². The van der Waals surface area contributed by atoms with Gasteiger partial charge in [0.2, 0.25) is 0 Å². The zero-order chi connectivity index (χ0) is 14.0. The van der Waals surface area contributed by atoms with Crippen LogP contribution in [0.2, 0.25) is 0 Å². The van der Waals surface area contributed by atoms with Crippen LogP contribution >= 0.6 is 0 Å². The third-order valence-corrected chi connectivity index (χ3v) is 5.26. The van der Waals surface area contributed by atoms with Crippen molar-refractivity contribution in [1.29, 1.82) is 0 Å². The van der Waals surface area contributed by atoms with E-state index in [1.54, 1.807) is 0 Å². The Balaban J connectivity index is 3.29. The molecule has 0 heterocycles. The van der Waals surface area contributed by atoms with Gasteiger partial charge in [0.05, 0.1) is 0 Å². The van der Waals surface area contributed by atoms with Crippen molar-refractivity contribution in [3.8, 4) is 0 Å². The summed E-state index contributed by atoms with van der Waals surface area (Å²) in [7, 11) is 0. The summed E-state index contributed by atoms with van der Waals surface area (Å²) in [5, 5.41) is 0. The summed E-state index contributed by atoms with van der Waals surface area (Å²) in [6.45, 7) is 15.3. The van der Waals surface area contributed by atoms with E-state index < -0.39 is 0 Å². The molecule has 0 saturated heterocycles. The van der Waals surface area contributed by atoms with Crippen LogP contribution in [0, 0.1) is 5.92 Å². The van der Waals surface area contributed by atoms with Gasteiger partial charge in [0, 0.05) is 0 Å². The van der Waals surface area contributed by atoms with Gasteiger partial charge in [-0.15, -0.1) is 0 Å². The molecule has 0 saturated carbocycles. The molecule has 1 nitrogen and oxygen atoms in total. The molecular formula is C16H23NW. The van der Waals surface area contributed by atoms with Gasteiger partial charge < -0.3 is 0 Å². The molecule has 0 bridgehead atoms. The van der Waals surface area contributed by atoms with E-state index in [4.69, 9.17) is 4.99 Å². The summed E-state index contributed by atoms with van der Waals surface area (Å²) in [5.74, 6) is 0.550. The van der Waals surface area contributed by atoms with Crippen molar-refractivity contribution >= 4 is 9.61 Å². The average molecular weight is 413 g/mol. The van der Waals surface area contributed by atoms with Crippen molar-refractivity contribution in [2.24, 2.45) is 10.9 Å². The summed E-state index contributed by atoms with van der Waals surface area (Å²) >= 11 is 1.50. The second-order valence-corrected chi connectivity index (χ2v) is 6.81. The number of aliphatic imine (C=N–C) groups is 1. The molecular weight excluding hydrogens is 390 g/mol. The summed E-state index contributed by atoms with van der Waals surface area (Å²) in [4.78, 5) is 4.84. The Morgan fingerprint density at radius 3 is 2.00 bits per heavy atom. The first kappa shape index (κ1) is 15.5. The normalized spacial score (nSPS) is 20.6. The third kappa shape index (κ3) is 3.26. The van der Waals surface area contributed by atoms with E-state index in [2.05, 4.69) is 54.5 Å². The topological polar surface area (TPSA) is 12.4 Å². The maximum atomic E-state index is 4.84. The molecule has 0 fully saturated rings. The van der Waals surface area contributed by atoms with Crippen LogP contribution in [0.25, 0.3) is 0 Å². The quantitative estimate of drug-likeness (QED) is 0.637. The van der Waals surface area contributed by atoms with Crippen LogP contribution < -0.4 is 0 Å². The van der Waals surface area contributed by atoms with E-state index in [1.165, 1.54) is 51.3 Å². The molecule has 0 aromatic carbocycles. The van der Waals surface area contributed by atoms with Gasteiger partial charge in [-0.05, 0) is 0 Å². The molecule has 1 aliphatic carbocycles. The van der Waals surface area contributed by atoms with Crippen molar-refractivity contribution in [1.82, 2.24) is 0 Å². The molecule has 0 atom stereocenters. The second kappa shape index (κ2) is 6.06. The molecule has 18 heavy (non-hydrogen) atoms. The van der Waals surface area contributed by atoms with E-state index in [0.717, 1.165) is 5.70 Å². The first-order chi connectivity index (χ1) is 8.25. The second-order valence-electron chi connectivity index (χ2n) is 5.34. The molecule has 0 unspecified atom stereocenters. The Bertz CT molecular complexity index is 499. The SMILES string of the molecule is CC(=CC(C)C)N=C1[C](=[W])C(C)=C(C)C(C)=C1C. The van der Waals surface area contributed by atoms with Crippen LogP contribution in [0.5, 0.6) is 0 Å². The van der Waals surface area contributed by atoms with Crippen LogP contribution in [-0.2, 0) is 19.4 Å². The Morgan fingerprint density at radius 2 is 1.50 bits per heavy atom. The Kier molecular flexibility index (Phi) is 5.22. The van der Waals surface area contributed by atoms with Crippen molar-refractivity contribution in [3.05, 3.63) is 34.1 Å². The van der Waals surface area contributed by atoms with E-state index >= 15 is 0 Å². The predicted octanol–water partition coefficient (Wildman–Crippen LogP) is 4.39. The van der Waals surface area contributed by atoms with Crippen LogP contribution in [0.15, 0.2) is 39.1 Å². The first-order valence-corrected chi connectivity index (χ1v) is 7.89. The summed E-state index contributed by atoms with van der Waals surface area (Å²) in [5.41, 5.74) is 7.86. The molecule has 0 aliphatic heterocycles. The molecule has 0 aromatic rings. The Hall–Kier alpha value is -0.552. The number of allylic oxidation sites excluding steroid dienone is 6. The maximum absolute atomic E-state index is 4.84. The molecule has 0 spiro atoms. The van der Waals surface area contributed by atoms with Gasteiger partial charge in [0.15, 0.2) is 0 Å². The average Bonchev–Trinajstić information content (AvgIpc) is 2.29. The zero-order valence-electron chi connectivity index (χ0n) is 12.5. The van der Waals surface area contributed by atoms with Gasteiger partial charge >= 0.3 is 122 Å². The molecule has 0 radical (unpaired) electrons. The number of hydrogen-bond acceptors (Lipinski definition) is 1. The van der Waals surface area contributed by atoms with Gasteiger partial charge in [-0.2, -0.15) is 0 Å². The fourth-order valence-electron chi connectivity index (χ4n) is 2.09. The van der Waals surface area contributed by atoms with E-state index in [0.29, 0.717) is 5.92 Å². The zero-order valence-corrected chi connectivity index (χ0v) is 15.4. The standard InChI is InChI=1S/C16H23N.W/c1-10(2)8-12(4)17-16-9-11(3)13(5)14(6)15(16)7;/h8,10H,1-7H3;. The predicted molar refractivity (Wildman–Crippen MR) is 77.8 cm³/mol. The molecule has 0 aromatic heterocycles. The minimum absolute atomic E-state index is 0.550. The van der Waals surface area contributed by atoms with Gasteiger partial charge in [-0.1, -0.05) is 0 Å². The summed E-state index contributed by atoms with van der Waals surface area (Å²) in [6.07, 6.45) is 2.22. The van der Waals surface area contributed by atoms with E-state index in [9.17, 15) is 0 Å². The van der Waals surface area contributed by atoms with Crippen molar-refractivity contribution in [3.63, 3.8) is 0 Å². The number of hydrogen-bond donors (Lipinski definition) is 0. The van der Waals surface area contributed by atoms with Gasteiger partial charge in [0.25, 0.3) is 0 Å². The monoisotopic (exact) mass is 413 g/mol. The Morgan fingerprint density at radius 1 is 1.00 bits per heavy atom. The van der Waals surface area contributed by atoms with Crippen molar-refractivity contribution in [2.75, 3.05) is 0 Å². The molecule has 1 aliphatic rings. The summed E-state index contributed by atoms with van der Waals surface area (Å²) in [6, 6.07) is 0. The number of rotatable bonds is 2. The summed E-state index contributed by atoms with van der Waals surface area (Å²) < 4.78 is 1.40. The van der Waals surface area contributed by atoms with Crippen LogP contribution in [0.1, 0.15) is 48.5 Å². The minimum atomic E-state index is 0.550. The van der Waals surface area contributed by atoms with Gasteiger partial charge in [-0.25, -0.2) is 0 Å². The first-order valence-electron chi connectivity index (χ1n) is 6.43. The molecule has 2 heteroatoms. The van der Waals surface area contributed by atoms with Crippen LogP contribution in [0.3, 0.4) is 0 Å². The molecule has 98 valence electrons. The van der Waals surface area contributed by atoms with Crippen molar-refractivity contribution in [2.45, 2.75) is 48.5 Å². The van der Waals surface area contributed by atoms with Gasteiger partial charge in [-0.3, -0.25) is 0 Å². The molecule has 1 rings (SSSR count).